The molecule has 0 aliphatic carbocycles. The highest BCUT2D eigenvalue weighted by Crippen LogP contribution is 2.28. The Bertz CT molecular complexity index is 788. The first-order chi connectivity index (χ1) is 12.0. The summed E-state index contributed by atoms with van der Waals surface area (Å²) >= 11 is 1.49. The molecule has 1 fully saturated rings. The molecule has 3 heterocycles. The van der Waals surface area contributed by atoms with E-state index in [2.05, 4.69) is 29.2 Å². The van der Waals surface area contributed by atoms with Gasteiger partial charge in [-0.1, -0.05) is 24.3 Å². The van der Waals surface area contributed by atoms with Gasteiger partial charge in [0.1, 0.15) is 0 Å². The molecule has 1 N–H and O–H groups in total. The number of β-amino-alcohol motifs (C(OH)–C–C–N with tert-alkyl or cyclic N) is 1. The predicted octanol–water partition coefficient (Wildman–Crippen LogP) is 2.69. The Morgan fingerprint density at radius 2 is 2.04 bits per heavy atom. The van der Waals surface area contributed by atoms with Crippen molar-refractivity contribution in [1.29, 1.82) is 0 Å². The smallest absolute Gasteiger partial charge is 0.264 e. The standard InChI is InChI=1S/C20H24N2O2S/c1-15-7-11-25-18(15)19(23)22-10-8-20(24,14-22)13-21-9-6-16-4-2-3-5-17(16)12-21/h2-5,7,11,24H,6,8-10,12-14H2,1H3/t20-/m0/s1. The number of amides is 1. The zero-order valence-electron chi connectivity index (χ0n) is 14.6. The summed E-state index contributed by atoms with van der Waals surface area (Å²) < 4.78 is 0. The highest BCUT2D eigenvalue weighted by molar-refractivity contribution is 7.12. The molecule has 0 saturated carbocycles. The summed E-state index contributed by atoms with van der Waals surface area (Å²) in [6, 6.07) is 10.5. The summed E-state index contributed by atoms with van der Waals surface area (Å²) in [4.78, 5) is 17.6. The van der Waals surface area contributed by atoms with Crippen LogP contribution in [0.15, 0.2) is 35.7 Å². The van der Waals surface area contributed by atoms with Gasteiger partial charge in [-0.15, -0.1) is 11.3 Å². The van der Waals surface area contributed by atoms with Crippen LogP contribution in [0.2, 0.25) is 0 Å². The van der Waals surface area contributed by atoms with Crippen LogP contribution in [0.3, 0.4) is 0 Å². The maximum absolute atomic E-state index is 12.7. The van der Waals surface area contributed by atoms with Crippen LogP contribution in [-0.4, -0.2) is 52.6 Å². The van der Waals surface area contributed by atoms with Gasteiger partial charge >= 0.3 is 0 Å². The number of hydrogen-bond donors (Lipinski definition) is 1. The van der Waals surface area contributed by atoms with E-state index < -0.39 is 5.60 Å². The number of fused-ring (bicyclic) bond motifs is 1. The first kappa shape index (κ1) is 16.8. The van der Waals surface area contributed by atoms with Crippen LogP contribution in [-0.2, 0) is 13.0 Å². The van der Waals surface area contributed by atoms with Crippen LogP contribution in [0.5, 0.6) is 0 Å². The molecule has 5 heteroatoms. The fourth-order valence-electron chi connectivity index (χ4n) is 4.00. The summed E-state index contributed by atoms with van der Waals surface area (Å²) in [7, 11) is 0. The molecule has 0 radical (unpaired) electrons. The van der Waals surface area contributed by atoms with Crippen molar-refractivity contribution >= 4 is 17.2 Å². The highest BCUT2D eigenvalue weighted by atomic mass is 32.1. The fourth-order valence-corrected chi connectivity index (χ4v) is 4.89. The van der Waals surface area contributed by atoms with E-state index in [1.54, 1.807) is 0 Å². The zero-order valence-corrected chi connectivity index (χ0v) is 15.4. The predicted molar refractivity (Wildman–Crippen MR) is 99.9 cm³/mol. The molecule has 1 atom stereocenters. The second kappa shape index (κ2) is 6.56. The van der Waals surface area contributed by atoms with E-state index in [-0.39, 0.29) is 5.91 Å². The number of benzene rings is 1. The van der Waals surface area contributed by atoms with Crippen molar-refractivity contribution in [2.45, 2.75) is 31.9 Å². The van der Waals surface area contributed by atoms with E-state index >= 15 is 0 Å². The number of rotatable bonds is 3. The van der Waals surface area contributed by atoms with Crippen molar-refractivity contribution in [2.24, 2.45) is 0 Å². The Morgan fingerprint density at radius 1 is 1.24 bits per heavy atom. The molecule has 4 rings (SSSR count). The SMILES string of the molecule is Cc1ccsc1C(=O)N1CC[C@](O)(CN2CCc3ccccc3C2)C1. The van der Waals surface area contributed by atoms with Crippen molar-refractivity contribution in [3.05, 3.63) is 57.3 Å². The third kappa shape index (κ3) is 3.36. The number of aryl methyl sites for hydroxylation is 1. The molecule has 1 aromatic carbocycles. The lowest BCUT2D eigenvalue weighted by atomic mass is 9.97. The molecule has 25 heavy (non-hydrogen) atoms. The molecule has 1 saturated heterocycles. The van der Waals surface area contributed by atoms with Gasteiger partial charge in [-0.3, -0.25) is 9.69 Å². The van der Waals surface area contributed by atoms with Crippen LogP contribution in [0.1, 0.15) is 32.8 Å². The lowest BCUT2D eigenvalue weighted by molar-refractivity contribution is 0.00809. The average molecular weight is 356 g/mol. The first-order valence-electron chi connectivity index (χ1n) is 8.89. The van der Waals surface area contributed by atoms with Gasteiger partial charge in [0.25, 0.3) is 5.91 Å². The molecule has 0 bridgehead atoms. The molecular formula is C20H24N2O2S. The van der Waals surface area contributed by atoms with Gasteiger partial charge in [-0.05, 0) is 47.9 Å². The Labute approximate surface area is 152 Å². The summed E-state index contributed by atoms with van der Waals surface area (Å²) in [6.07, 6.45) is 1.69. The fraction of sp³-hybridized carbons (Fsp3) is 0.450. The van der Waals surface area contributed by atoms with E-state index in [1.165, 1.54) is 22.5 Å². The summed E-state index contributed by atoms with van der Waals surface area (Å²) in [5.74, 6) is 0.0624. The minimum absolute atomic E-state index is 0.0624. The number of carbonyl (C=O) groups is 1. The van der Waals surface area contributed by atoms with Crippen molar-refractivity contribution in [1.82, 2.24) is 9.80 Å². The van der Waals surface area contributed by atoms with Crippen LogP contribution in [0.25, 0.3) is 0 Å². The second-order valence-corrected chi connectivity index (χ2v) is 8.28. The number of nitrogens with zero attached hydrogens (tertiary/aromatic N) is 2. The van der Waals surface area contributed by atoms with Gasteiger partial charge in [-0.25, -0.2) is 0 Å². The Kier molecular flexibility index (Phi) is 4.40. The molecule has 2 aromatic rings. The Balaban J connectivity index is 1.41. The topological polar surface area (TPSA) is 43.8 Å². The summed E-state index contributed by atoms with van der Waals surface area (Å²) in [5.41, 5.74) is 3.00. The van der Waals surface area contributed by atoms with Gasteiger partial charge in [0.05, 0.1) is 17.0 Å². The number of carbonyl (C=O) groups excluding carboxylic acids is 1. The van der Waals surface area contributed by atoms with Gasteiger partial charge < -0.3 is 10.0 Å². The molecular weight excluding hydrogens is 332 g/mol. The summed E-state index contributed by atoms with van der Waals surface area (Å²) in [5, 5.41) is 13.0. The van der Waals surface area contributed by atoms with Gasteiger partial charge in [-0.2, -0.15) is 0 Å². The second-order valence-electron chi connectivity index (χ2n) is 7.36. The number of thiophene rings is 1. The molecule has 1 amide bonds. The molecule has 4 nitrogen and oxygen atoms in total. The molecule has 0 unspecified atom stereocenters. The van der Waals surface area contributed by atoms with Crippen LogP contribution >= 0.6 is 11.3 Å². The van der Waals surface area contributed by atoms with E-state index in [9.17, 15) is 9.90 Å². The van der Waals surface area contributed by atoms with E-state index in [1.807, 2.05) is 23.3 Å². The highest BCUT2D eigenvalue weighted by Gasteiger charge is 2.40. The molecule has 2 aliphatic rings. The van der Waals surface area contributed by atoms with Gasteiger partial charge in [0.15, 0.2) is 0 Å². The van der Waals surface area contributed by atoms with Gasteiger partial charge in [0, 0.05) is 26.2 Å². The van der Waals surface area contributed by atoms with Crippen LogP contribution in [0, 0.1) is 6.92 Å². The molecule has 1 aromatic heterocycles. The maximum atomic E-state index is 12.7. The van der Waals surface area contributed by atoms with E-state index in [4.69, 9.17) is 0 Å². The van der Waals surface area contributed by atoms with Crippen molar-refractivity contribution in [3.63, 3.8) is 0 Å². The molecule has 2 aliphatic heterocycles. The number of aliphatic hydroxyl groups is 1. The lowest BCUT2D eigenvalue weighted by Gasteiger charge is -2.34. The monoisotopic (exact) mass is 356 g/mol. The maximum Gasteiger partial charge on any atom is 0.264 e. The number of likely N-dealkylation sites (tertiary alicyclic amines) is 1. The van der Waals surface area contributed by atoms with Crippen molar-refractivity contribution < 1.29 is 9.90 Å². The van der Waals surface area contributed by atoms with E-state index in [0.29, 0.717) is 26.1 Å². The van der Waals surface area contributed by atoms with Crippen molar-refractivity contribution in [2.75, 3.05) is 26.2 Å². The van der Waals surface area contributed by atoms with Gasteiger partial charge in [0.2, 0.25) is 0 Å². The van der Waals surface area contributed by atoms with Crippen molar-refractivity contribution in [3.8, 4) is 0 Å². The Morgan fingerprint density at radius 3 is 2.80 bits per heavy atom. The minimum atomic E-state index is -0.799. The third-order valence-corrected chi connectivity index (χ3v) is 6.41. The zero-order chi connectivity index (χ0) is 17.4. The Hall–Kier alpha value is -1.69. The molecule has 132 valence electrons. The lowest BCUT2D eigenvalue weighted by Crippen LogP contribution is -2.47. The third-order valence-electron chi connectivity index (χ3n) is 5.40. The number of hydrogen-bond acceptors (Lipinski definition) is 4. The van der Waals surface area contributed by atoms with E-state index in [0.717, 1.165) is 30.0 Å². The van der Waals surface area contributed by atoms with Crippen LogP contribution < -0.4 is 0 Å². The molecule has 0 spiro atoms. The normalized spacial score (nSPS) is 23.7. The van der Waals surface area contributed by atoms with Crippen LogP contribution in [0.4, 0.5) is 0 Å². The minimum Gasteiger partial charge on any atom is -0.387 e. The average Bonchev–Trinajstić information content (AvgIpc) is 3.20. The first-order valence-corrected chi connectivity index (χ1v) is 9.77. The summed E-state index contributed by atoms with van der Waals surface area (Å²) in [6.45, 7) is 5.53. The quantitative estimate of drug-likeness (QED) is 0.920. The largest absolute Gasteiger partial charge is 0.387 e.